The van der Waals surface area contributed by atoms with Crippen LogP contribution in [0, 0.1) is 0 Å². The molecule has 1 amide bonds. The van der Waals surface area contributed by atoms with E-state index in [0.29, 0.717) is 5.69 Å². The minimum Gasteiger partial charge on any atom is -0.480 e. The smallest absolute Gasteiger partial charge is 0.326 e. The molecule has 1 atom stereocenters. The number of rotatable bonds is 5. The molecule has 0 saturated heterocycles. The van der Waals surface area contributed by atoms with Crippen LogP contribution in [-0.4, -0.2) is 38.0 Å². The lowest BCUT2D eigenvalue weighted by Gasteiger charge is -2.13. The predicted octanol–water partition coefficient (Wildman–Crippen LogP) is 0.230. The lowest BCUT2D eigenvalue weighted by atomic mass is 10.1. The Bertz CT molecular complexity index is 554. The van der Waals surface area contributed by atoms with Crippen molar-refractivity contribution in [1.82, 2.24) is 20.3 Å². The number of carbonyl (C=O) groups excluding carboxylic acids is 1. The topological polar surface area (TPSA) is 108 Å². The molecule has 19 heavy (non-hydrogen) atoms. The molecule has 0 radical (unpaired) electrons. The minimum atomic E-state index is -1.11. The van der Waals surface area contributed by atoms with Crippen molar-refractivity contribution in [1.29, 1.82) is 0 Å². The van der Waals surface area contributed by atoms with Gasteiger partial charge in [-0.25, -0.2) is 9.78 Å². The van der Waals surface area contributed by atoms with E-state index in [4.69, 9.17) is 5.11 Å². The van der Waals surface area contributed by atoms with E-state index in [0.717, 1.165) is 0 Å². The van der Waals surface area contributed by atoms with E-state index in [2.05, 4.69) is 20.3 Å². The van der Waals surface area contributed by atoms with Crippen LogP contribution in [-0.2, 0) is 11.2 Å². The van der Waals surface area contributed by atoms with Crippen molar-refractivity contribution in [3.8, 4) is 0 Å². The summed E-state index contributed by atoms with van der Waals surface area (Å²) in [6, 6.07) is 3.82. The summed E-state index contributed by atoms with van der Waals surface area (Å²) in [6.07, 6.45) is 4.57. The highest BCUT2D eigenvalue weighted by molar-refractivity contribution is 5.94. The summed E-state index contributed by atoms with van der Waals surface area (Å²) in [6.45, 7) is 0. The number of nitrogens with one attached hydrogen (secondary N) is 2. The monoisotopic (exact) mass is 260 g/mol. The van der Waals surface area contributed by atoms with E-state index in [1.165, 1.54) is 24.8 Å². The second kappa shape index (κ2) is 5.76. The molecule has 2 heterocycles. The predicted molar refractivity (Wildman–Crippen MR) is 65.4 cm³/mol. The number of aromatic amines is 1. The summed E-state index contributed by atoms with van der Waals surface area (Å²) >= 11 is 0. The molecule has 7 nitrogen and oxygen atoms in total. The number of carboxylic acid groups (broad SMARTS) is 1. The number of hydrogen-bond acceptors (Lipinski definition) is 4. The van der Waals surface area contributed by atoms with Crippen molar-refractivity contribution in [3.63, 3.8) is 0 Å². The van der Waals surface area contributed by atoms with Crippen LogP contribution in [0.1, 0.15) is 16.2 Å². The third kappa shape index (κ3) is 3.38. The van der Waals surface area contributed by atoms with Crippen LogP contribution in [0.5, 0.6) is 0 Å². The zero-order chi connectivity index (χ0) is 13.7. The molecule has 98 valence electrons. The molecule has 2 rings (SSSR count). The van der Waals surface area contributed by atoms with Gasteiger partial charge in [-0.1, -0.05) is 6.07 Å². The van der Waals surface area contributed by atoms with Crippen LogP contribution in [0.2, 0.25) is 0 Å². The number of aromatic nitrogens is 3. The first-order valence-corrected chi connectivity index (χ1v) is 5.59. The van der Waals surface area contributed by atoms with Gasteiger partial charge in [0, 0.05) is 24.5 Å². The first kappa shape index (κ1) is 12.7. The molecule has 0 aromatic carbocycles. The Kier molecular flexibility index (Phi) is 3.87. The fourth-order valence-electron chi connectivity index (χ4n) is 1.55. The standard InChI is InChI=1S/C12H12N4O3/c17-11(9-3-1-2-4-14-9)16-10(12(18)19)5-8-6-13-7-15-8/h1-4,6-7,10H,5H2,(H,13,15)(H,16,17)(H,18,19)/t10-/m1/s1. The lowest BCUT2D eigenvalue weighted by Crippen LogP contribution is -2.42. The molecular formula is C12H12N4O3. The van der Waals surface area contributed by atoms with Crippen LogP contribution in [0.4, 0.5) is 0 Å². The number of carbonyl (C=O) groups is 2. The highest BCUT2D eigenvalue weighted by Crippen LogP contribution is 2.01. The summed E-state index contributed by atoms with van der Waals surface area (Å²) in [4.78, 5) is 33.4. The number of H-pyrrole nitrogens is 1. The number of carboxylic acids is 1. The Hall–Kier alpha value is -2.70. The molecule has 0 aliphatic heterocycles. The summed E-state index contributed by atoms with van der Waals surface area (Å²) in [5, 5.41) is 11.5. The van der Waals surface area contributed by atoms with Crippen molar-refractivity contribution in [2.45, 2.75) is 12.5 Å². The Morgan fingerprint density at radius 3 is 2.84 bits per heavy atom. The van der Waals surface area contributed by atoms with Gasteiger partial charge in [-0.15, -0.1) is 0 Å². The molecular weight excluding hydrogens is 248 g/mol. The van der Waals surface area contributed by atoms with Crippen molar-refractivity contribution in [3.05, 3.63) is 48.3 Å². The van der Waals surface area contributed by atoms with Crippen molar-refractivity contribution in [2.75, 3.05) is 0 Å². The Morgan fingerprint density at radius 2 is 2.26 bits per heavy atom. The number of hydrogen-bond donors (Lipinski definition) is 3. The molecule has 0 aliphatic rings. The highest BCUT2D eigenvalue weighted by atomic mass is 16.4. The quantitative estimate of drug-likeness (QED) is 0.713. The zero-order valence-electron chi connectivity index (χ0n) is 9.91. The van der Waals surface area contributed by atoms with E-state index < -0.39 is 17.9 Å². The fourth-order valence-corrected chi connectivity index (χ4v) is 1.55. The van der Waals surface area contributed by atoms with Gasteiger partial charge in [-0.05, 0) is 12.1 Å². The van der Waals surface area contributed by atoms with Crippen molar-refractivity contribution >= 4 is 11.9 Å². The van der Waals surface area contributed by atoms with Crippen LogP contribution >= 0.6 is 0 Å². The zero-order valence-corrected chi connectivity index (χ0v) is 9.91. The highest BCUT2D eigenvalue weighted by Gasteiger charge is 2.22. The average Bonchev–Trinajstić information content (AvgIpc) is 2.91. The second-order valence-electron chi connectivity index (χ2n) is 3.86. The van der Waals surface area contributed by atoms with E-state index in [9.17, 15) is 9.59 Å². The second-order valence-corrected chi connectivity index (χ2v) is 3.86. The normalized spacial score (nSPS) is 11.8. The molecule has 0 saturated carbocycles. The maximum atomic E-state index is 11.8. The number of nitrogens with zero attached hydrogens (tertiary/aromatic N) is 2. The number of imidazole rings is 1. The third-order valence-corrected chi connectivity index (χ3v) is 2.48. The van der Waals surface area contributed by atoms with Crippen molar-refractivity contribution < 1.29 is 14.7 Å². The number of amides is 1. The minimum absolute atomic E-state index is 0.133. The van der Waals surface area contributed by atoms with E-state index >= 15 is 0 Å². The van der Waals surface area contributed by atoms with Crippen LogP contribution in [0.15, 0.2) is 36.9 Å². The van der Waals surface area contributed by atoms with Gasteiger partial charge >= 0.3 is 5.97 Å². The van der Waals surface area contributed by atoms with Crippen LogP contribution in [0.25, 0.3) is 0 Å². The summed E-state index contributed by atoms with van der Waals surface area (Å²) < 4.78 is 0. The number of pyridine rings is 1. The summed E-state index contributed by atoms with van der Waals surface area (Å²) in [5.74, 6) is -1.63. The first-order valence-electron chi connectivity index (χ1n) is 5.59. The maximum Gasteiger partial charge on any atom is 0.326 e. The van der Waals surface area contributed by atoms with Gasteiger partial charge < -0.3 is 15.4 Å². The van der Waals surface area contributed by atoms with E-state index in [-0.39, 0.29) is 12.1 Å². The van der Waals surface area contributed by atoms with Gasteiger partial charge in [0.25, 0.3) is 5.91 Å². The molecule has 3 N–H and O–H groups in total. The molecule has 0 bridgehead atoms. The molecule has 0 spiro atoms. The molecule has 2 aromatic rings. The molecule has 7 heteroatoms. The Balaban J connectivity index is 2.05. The largest absolute Gasteiger partial charge is 0.480 e. The lowest BCUT2D eigenvalue weighted by molar-refractivity contribution is -0.139. The molecule has 2 aromatic heterocycles. The molecule has 0 unspecified atom stereocenters. The number of aliphatic carboxylic acids is 1. The molecule has 0 fully saturated rings. The third-order valence-electron chi connectivity index (χ3n) is 2.48. The van der Waals surface area contributed by atoms with E-state index in [1.54, 1.807) is 12.1 Å². The van der Waals surface area contributed by atoms with Gasteiger partial charge in [-0.3, -0.25) is 9.78 Å². The van der Waals surface area contributed by atoms with Crippen molar-refractivity contribution in [2.24, 2.45) is 0 Å². The fraction of sp³-hybridized carbons (Fsp3) is 0.167. The summed E-state index contributed by atoms with van der Waals surface area (Å²) in [7, 11) is 0. The Labute approximate surface area is 108 Å². The van der Waals surface area contributed by atoms with Crippen LogP contribution < -0.4 is 5.32 Å². The van der Waals surface area contributed by atoms with Gasteiger partial charge in [-0.2, -0.15) is 0 Å². The summed E-state index contributed by atoms with van der Waals surface area (Å²) in [5.41, 5.74) is 0.812. The van der Waals surface area contributed by atoms with Gasteiger partial charge in [0.05, 0.1) is 6.33 Å². The SMILES string of the molecule is O=C(N[C@H](Cc1cnc[nH]1)C(=O)O)c1ccccn1. The molecule has 0 aliphatic carbocycles. The maximum absolute atomic E-state index is 11.8. The first-order chi connectivity index (χ1) is 9.16. The average molecular weight is 260 g/mol. The van der Waals surface area contributed by atoms with Gasteiger partial charge in [0.1, 0.15) is 11.7 Å². The Morgan fingerprint density at radius 1 is 1.42 bits per heavy atom. The van der Waals surface area contributed by atoms with Gasteiger partial charge in [0.2, 0.25) is 0 Å². The van der Waals surface area contributed by atoms with Gasteiger partial charge in [0.15, 0.2) is 0 Å². The van der Waals surface area contributed by atoms with Crippen LogP contribution in [0.3, 0.4) is 0 Å². The van der Waals surface area contributed by atoms with E-state index in [1.807, 2.05) is 0 Å².